The third kappa shape index (κ3) is 2.96. The van der Waals surface area contributed by atoms with E-state index in [1.54, 1.807) is 0 Å². The van der Waals surface area contributed by atoms with Gasteiger partial charge in [-0.1, -0.05) is 18.2 Å². The van der Waals surface area contributed by atoms with Gasteiger partial charge in [0.1, 0.15) is 0 Å². The lowest BCUT2D eigenvalue weighted by Crippen LogP contribution is -2.47. The Bertz CT molecular complexity index is 350. The molecule has 3 heteroatoms. The van der Waals surface area contributed by atoms with Crippen LogP contribution < -0.4 is 4.90 Å². The Morgan fingerprint density at radius 2 is 1.65 bits per heavy atom. The van der Waals surface area contributed by atoms with Gasteiger partial charge in [-0.15, -0.1) is 0 Å². The van der Waals surface area contributed by atoms with E-state index in [-0.39, 0.29) is 0 Å². The second-order valence-electron chi connectivity index (χ2n) is 4.79. The molecule has 0 atom stereocenters. The molecule has 1 aromatic rings. The third-order valence-electron chi connectivity index (χ3n) is 3.54. The second-order valence-corrected chi connectivity index (χ2v) is 5.24. The van der Waals surface area contributed by atoms with Crippen molar-refractivity contribution >= 4 is 18.3 Å². The number of piperazine rings is 1. The average molecular weight is 250 g/mol. The maximum Gasteiger partial charge on any atom is 0.0426 e. The van der Waals surface area contributed by atoms with Crippen LogP contribution in [0.2, 0.25) is 0 Å². The number of nitrogens with zero attached hydrogens (tertiary/aromatic N) is 2. The van der Waals surface area contributed by atoms with Gasteiger partial charge in [0.05, 0.1) is 0 Å². The standard InChI is InChI=1S/C14H22N2S/c1-12-4-3-5-13(2)14(12)16-8-6-15(7-9-16)10-11-17/h3-5,17H,6-11H2,1-2H3. The molecule has 2 rings (SSSR count). The quantitative estimate of drug-likeness (QED) is 0.823. The Kier molecular flexibility index (Phi) is 4.35. The first kappa shape index (κ1) is 12.8. The fourth-order valence-electron chi connectivity index (χ4n) is 2.64. The lowest BCUT2D eigenvalue weighted by molar-refractivity contribution is 0.273. The van der Waals surface area contributed by atoms with Gasteiger partial charge in [0.2, 0.25) is 0 Å². The second kappa shape index (κ2) is 5.78. The Morgan fingerprint density at radius 1 is 1.06 bits per heavy atom. The van der Waals surface area contributed by atoms with Crippen LogP contribution in [0.25, 0.3) is 0 Å². The van der Waals surface area contributed by atoms with Crippen LogP contribution in [0, 0.1) is 13.8 Å². The molecule has 94 valence electrons. The van der Waals surface area contributed by atoms with E-state index in [1.165, 1.54) is 16.8 Å². The minimum absolute atomic E-state index is 0.962. The predicted molar refractivity (Wildman–Crippen MR) is 78.4 cm³/mol. The zero-order valence-corrected chi connectivity index (χ0v) is 11.7. The molecule has 1 aliphatic heterocycles. The number of rotatable bonds is 3. The van der Waals surface area contributed by atoms with Gasteiger partial charge in [0.25, 0.3) is 0 Å². The molecule has 1 saturated heterocycles. The van der Waals surface area contributed by atoms with E-state index in [0.29, 0.717) is 0 Å². The van der Waals surface area contributed by atoms with E-state index in [9.17, 15) is 0 Å². The van der Waals surface area contributed by atoms with Crippen LogP contribution in [-0.2, 0) is 0 Å². The molecule has 0 N–H and O–H groups in total. The van der Waals surface area contributed by atoms with Crippen molar-refractivity contribution in [2.24, 2.45) is 0 Å². The Morgan fingerprint density at radius 3 is 2.18 bits per heavy atom. The molecule has 2 nitrogen and oxygen atoms in total. The largest absolute Gasteiger partial charge is 0.369 e. The first-order valence-electron chi connectivity index (χ1n) is 6.36. The summed E-state index contributed by atoms with van der Waals surface area (Å²) in [6.45, 7) is 10.1. The number of para-hydroxylation sites is 1. The molecule has 0 aromatic heterocycles. The molecule has 17 heavy (non-hydrogen) atoms. The van der Waals surface area contributed by atoms with Gasteiger partial charge >= 0.3 is 0 Å². The smallest absolute Gasteiger partial charge is 0.0426 e. The van der Waals surface area contributed by atoms with E-state index in [0.717, 1.165) is 38.5 Å². The summed E-state index contributed by atoms with van der Waals surface area (Å²) >= 11 is 4.30. The molecule has 1 fully saturated rings. The Balaban J connectivity index is 2.05. The van der Waals surface area contributed by atoms with Gasteiger partial charge in [0, 0.05) is 44.2 Å². The highest BCUT2D eigenvalue weighted by molar-refractivity contribution is 7.80. The van der Waals surface area contributed by atoms with E-state index in [1.807, 2.05) is 0 Å². The number of aryl methyl sites for hydroxylation is 2. The van der Waals surface area contributed by atoms with Crippen LogP contribution in [0.5, 0.6) is 0 Å². The van der Waals surface area contributed by atoms with Crippen molar-refractivity contribution in [3.63, 3.8) is 0 Å². The highest BCUT2D eigenvalue weighted by Gasteiger charge is 2.18. The summed E-state index contributed by atoms with van der Waals surface area (Å²) in [7, 11) is 0. The molecule has 1 aromatic carbocycles. The van der Waals surface area contributed by atoms with Crippen molar-refractivity contribution < 1.29 is 0 Å². The predicted octanol–water partition coefficient (Wildman–Crippen LogP) is 2.36. The normalized spacial score (nSPS) is 17.5. The number of hydrogen-bond donors (Lipinski definition) is 1. The monoisotopic (exact) mass is 250 g/mol. The maximum atomic E-state index is 4.30. The molecule has 0 saturated carbocycles. The summed E-state index contributed by atoms with van der Waals surface area (Å²) in [4.78, 5) is 5.02. The molecule has 0 aliphatic carbocycles. The van der Waals surface area contributed by atoms with Crippen LogP contribution in [0.4, 0.5) is 5.69 Å². The summed E-state index contributed by atoms with van der Waals surface area (Å²) < 4.78 is 0. The van der Waals surface area contributed by atoms with E-state index < -0.39 is 0 Å². The van der Waals surface area contributed by atoms with Gasteiger partial charge in [0.15, 0.2) is 0 Å². The average Bonchev–Trinajstić information content (AvgIpc) is 2.31. The molecule has 0 unspecified atom stereocenters. The van der Waals surface area contributed by atoms with Crippen molar-refractivity contribution in [1.82, 2.24) is 4.90 Å². The number of thiol groups is 1. The van der Waals surface area contributed by atoms with Crippen molar-refractivity contribution in [2.45, 2.75) is 13.8 Å². The zero-order chi connectivity index (χ0) is 12.3. The molecule has 0 amide bonds. The summed E-state index contributed by atoms with van der Waals surface area (Å²) in [5.74, 6) is 0.962. The van der Waals surface area contributed by atoms with E-state index in [4.69, 9.17) is 0 Å². The number of benzene rings is 1. The van der Waals surface area contributed by atoms with Crippen LogP contribution in [0.15, 0.2) is 18.2 Å². The van der Waals surface area contributed by atoms with Gasteiger partial charge in [-0.2, -0.15) is 12.6 Å². The topological polar surface area (TPSA) is 6.48 Å². The van der Waals surface area contributed by atoms with Crippen molar-refractivity contribution in [3.8, 4) is 0 Å². The van der Waals surface area contributed by atoms with Crippen LogP contribution in [0.3, 0.4) is 0 Å². The fraction of sp³-hybridized carbons (Fsp3) is 0.571. The zero-order valence-electron chi connectivity index (χ0n) is 10.8. The first-order chi connectivity index (χ1) is 8.22. The summed E-state index contributed by atoms with van der Waals surface area (Å²) in [6.07, 6.45) is 0. The van der Waals surface area contributed by atoms with Gasteiger partial charge in [-0.25, -0.2) is 0 Å². The lowest BCUT2D eigenvalue weighted by atomic mass is 10.1. The summed E-state index contributed by atoms with van der Waals surface area (Å²) in [5, 5.41) is 0. The highest BCUT2D eigenvalue weighted by Crippen LogP contribution is 2.25. The van der Waals surface area contributed by atoms with Gasteiger partial charge in [-0.3, -0.25) is 4.90 Å². The Hall–Kier alpha value is -0.670. The molecule has 1 heterocycles. The minimum atomic E-state index is 0.962. The highest BCUT2D eigenvalue weighted by atomic mass is 32.1. The van der Waals surface area contributed by atoms with Crippen LogP contribution in [0.1, 0.15) is 11.1 Å². The van der Waals surface area contributed by atoms with Gasteiger partial charge < -0.3 is 4.90 Å². The minimum Gasteiger partial charge on any atom is -0.369 e. The third-order valence-corrected chi connectivity index (χ3v) is 3.74. The summed E-state index contributed by atoms with van der Waals surface area (Å²) in [6, 6.07) is 6.57. The molecule has 0 spiro atoms. The van der Waals surface area contributed by atoms with E-state index >= 15 is 0 Å². The number of anilines is 1. The van der Waals surface area contributed by atoms with Gasteiger partial charge in [-0.05, 0) is 25.0 Å². The molecule has 0 bridgehead atoms. The molecular formula is C14H22N2S. The van der Waals surface area contributed by atoms with Crippen molar-refractivity contribution in [2.75, 3.05) is 43.4 Å². The Labute approximate surface area is 110 Å². The molecule has 0 radical (unpaired) electrons. The van der Waals surface area contributed by atoms with Crippen LogP contribution in [-0.4, -0.2) is 43.4 Å². The first-order valence-corrected chi connectivity index (χ1v) is 7.00. The number of hydrogen-bond acceptors (Lipinski definition) is 3. The van der Waals surface area contributed by atoms with E-state index in [2.05, 4.69) is 54.5 Å². The molecule has 1 aliphatic rings. The SMILES string of the molecule is Cc1cccc(C)c1N1CCN(CCS)CC1. The fourth-order valence-corrected chi connectivity index (χ4v) is 2.92. The van der Waals surface area contributed by atoms with Crippen molar-refractivity contribution in [3.05, 3.63) is 29.3 Å². The summed E-state index contributed by atoms with van der Waals surface area (Å²) in [5.41, 5.74) is 4.23. The van der Waals surface area contributed by atoms with Crippen molar-refractivity contribution in [1.29, 1.82) is 0 Å². The maximum absolute atomic E-state index is 4.30. The molecular weight excluding hydrogens is 228 g/mol. The lowest BCUT2D eigenvalue weighted by Gasteiger charge is -2.37. The van der Waals surface area contributed by atoms with Crippen LogP contribution >= 0.6 is 12.6 Å².